The predicted molar refractivity (Wildman–Crippen MR) is 107 cm³/mol. The van der Waals surface area contributed by atoms with E-state index >= 15 is 0 Å². The molecule has 2 aliphatic rings. The fourth-order valence-corrected chi connectivity index (χ4v) is 4.02. The van der Waals surface area contributed by atoms with Gasteiger partial charge in [0.05, 0.1) is 5.92 Å². The molecule has 1 aromatic carbocycles. The normalized spacial score (nSPS) is 20.0. The highest BCUT2D eigenvalue weighted by Crippen LogP contribution is 2.29. The number of amides is 2. The van der Waals surface area contributed by atoms with E-state index in [2.05, 4.69) is 21.8 Å². The topological polar surface area (TPSA) is 69.6 Å². The number of aryl methyl sites for hydroxylation is 1. The molecule has 4 rings (SSSR count). The maximum atomic E-state index is 13.0. The highest BCUT2D eigenvalue weighted by Gasteiger charge is 2.38. The molecular weight excluding hydrogens is 354 g/mol. The van der Waals surface area contributed by atoms with Crippen LogP contribution < -0.4 is 9.80 Å². The molecule has 0 spiro atoms. The highest BCUT2D eigenvalue weighted by atomic mass is 16.2. The van der Waals surface area contributed by atoms with Crippen LogP contribution in [-0.4, -0.2) is 59.4 Å². The Morgan fingerprint density at radius 1 is 1.07 bits per heavy atom. The Balaban J connectivity index is 1.39. The minimum atomic E-state index is -0.267. The van der Waals surface area contributed by atoms with Crippen molar-refractivity contribution in [2.24, 2.45) is 5.92 Å². The lowest BCUT2D eigenvalue weighted by atomic mass is 10.1. The molecule has 3 heterocycles. The van der Waals surface area contributed by atoms with Crippen molar-refractivity contribution in [1.82, 2.24) is 14.9 Å². The van der Waals surface area contributed by atoms with Gasteiger partial charge in [-0.15, -0.1) is 0 Å². The third-order valence-corrected chi connectivity index (χ3v) is 5.56. The summed E-state index contributed by atoms with van der Waals surface area (Å²) in [6.07, 6.45) is 4.61. The summed E-state index contributed by atoms with van der Waals surface area (Å²) in [6.45, 7) is 5.23. The zero-order valence-corrected chi connectivity index (χ0v) is 16.1. The number of carbonyl (C=O) groups is 2. The Morgan fingerprint density at radius 2 is 1.79 bits per heavy atom. The van der Waals surface area contributed by atoms with Gasteiger partial charge < -0.3 is 14.7 Å². The van der Waals surface area contributed by atoms with E-state index < -0.39 is 0 Å². The van der Waals surface area contributed by atoms with Gasteiger partial charge in [0.1, 0.15) is 0 Å². The molecule has 7 heteroatoms. The van der Waals surface area contributed by atoms with Gasteiger partial charge in [0.15, 0.2) is 0 Å². The molecule has 1 atom stereocenters. The molecular formula is C21H25N5O2. The molecule has 146 valence electrons. The lowest BCUT2D eigenvalue weighted by Crippen LogP contribution is -2.51. The van der Waals surface area contributed by atoms with Gasteiger partial charge in [-0.05, 0) is 24.1 Å². The molecule has 1 aromatic heterocycles. The van der Waals surface area contributed by atoms with E-state index in [1.54, 1.807) is 23.4 Å². The standard InChI is InChI=1S/C21H25N5O2/c1-2-16-6-3-4-7-18(16)26-15-17(14-19(26)27)20(28)24-10-12-25(13-11-24)21-22-8-5-9-23-21/h3-9,17H,2,10-15H2,1H3/t17-/m0/s1. The Morgan fingerprint density at radius 3 is 2.50 bits per heavy atom. The zero-order valence-electron chi connectivity index (χ0n) is 16.1. The number of piperazine rings is 1. The second-order valence-electron chi connectivity index (χ2n) is 7.25. The number of carbonyl (C=O) groups excluding carboxylic acids is 2. The zero-order chi connectivity index (χ0) is 19.5. The molecule has 2 fully saturated rings. The first kappa shape index (κ1) is 18.4. The van der Waals surface area contributed by atoms with E-state index in [4.69, 9.17) is 0 Å². The quantitative estimate of drug-likeness (QED) is 0.809. The minimum Gasteiger partial charge on any atom is -0.339 e. The summed E-state index contributed by atoms with van der Waals surface area (Å²) < 4.78 is 0. The van der Waals surface area contributed by atoms with Gasteiger partial charge >= 0.3 is 0 Å². The van der Waals surface area contributed by atoms with Crippen molar-refractivity contribution >= 4 is 23.5 Å². The van der Waals surface area contributed by atoms with Crippen molar-refractivity contribution in [3.8, 4) is 0 Å². The molecule has 7 nitrogen and oxygen atoms in total. The second kappa shape index (κ2) is 7.96. The Hall–Kier alpha value is -2.96. The molecule has 2 aromatic rings. The summed E-state index contributed by atoms with van der Waals surface area (Å²) in [7, 11) is 0. The van der Waals surface area contributed by atoms with Crippen LogP contribution in [0.5, 0.6) is 0 Å². The number of benzene rings is 1. The number of anilines is 2. The molecule has 28 heavy (non-hydrogen) atoms. The van der Waals surface area contributed by atoms with Crippen molar-refractivity contribution < 1.29 is 9.59 Å². The van der Waals surface area contributed by atoms with Crippen molar-refractivity contribution in [2.45, 2.75) is 19.8 Å². The average Bonchev–Trinajstić information content (AvgIpc) is 3.15. The summed E-state index contributed by atoms with van der Waals surface area (Å²) in [5, 5.41) is 0. The van der Waals surface area contributed by atoms with E-state index in [1.807, 2.05) is 29.2 Å². The molecule has 0 bridgehead atoms. The second-order valence-corrected chi connectivity index (χ2v) is 7.25. The van der Waals surface area contributed by atoms with E-state index in [0.29, 0.717) is 45.1 Å². The third-order valence-electron chi connectivity index (χ3n) is 5.56. The number of hydrogen-bond acceptors (Lipinski definition) is 5. The molecule has 0 N–H and O–H groups in total. The van der Waals surface area contributed by atoms with Crippen LogP contribution in [0.15, 0.2) is 42.7 Å². The van der Waals surface area contributed by atoms with E-state index in [1.165, 1.54) is 0 Å². The number of nitrogens with zero attached hydrogens (tertiary/aromatic N) is 5. The van der Waals surface area contributed by atoms with Crippen LogP contribution in [0, 0.1) is 5.92 Å². The molecule has 2 aliphatic heterocycles. The first-order chi connectivity index (χ1) is 13.7. The van der Waals surface area contributed by atoms with Gasteiger partial charge in [0, 0.05) is 57.2 Å². The molecule has 2 amide bonds. The first-order valence-electron chi connectivity index (χ1n) is 9.86. The summed E-state index contributed by atoms with van der Waals surface area (Å²) in [4.78, 5) is 39.9. The van der Waals surface area contributed by atoms with Gasteiger partial charge in [-0.1, -0.05) is 25.1 Å². The molecule has 0 unspecified atom stereocenters. The highest BCUT2D eigenvalue weighted by molar-refractivity contribution is 6.00. The maximum Gasteiger partial charge on any atom is 0.228 e. The van der Waals surface area contributed by atoms with Crippen LogP contribution >= 0.6 is 0 Å². The van der Waals surface area contributed by atoms with Gasteiger partial charge in [0.25, 0.3) is 0 Å². The largest absolute Gasteiger partial charge is 0.339 e. The van der Waals surface area contributed by atoms with Crippen molar-refractivity contribution in [3.63, 3.8) is 0 Å². The van der Waals surface area contributed by atoms with Crippen molar-refractivity contribution in [1.29, 1.82) is 0 Å². The van der Waals surface area contributed by atoms with Crippen LogP contribution in [0.4, 0.5) is 11.6 Å². The Bertz CT molecular complexity index is 849. The summed E-state index contributed by atoms with van der Waals surface area (Å²) >= 11 is 0. The van der Waals surface area contributed by atoms with Crippen LogP contribution in [0.25, 0.3) is 0 Å². The van der Waals surface area contributed by atoms with Crippen LogP contribution in [0.3, 0.4) is 0 Å². The third kappa shape index (κ3) is 3.56. The van der Waals surface area contributed by atoms with Gasteiger partial charge in [0.2, 0.25) is 17.8 Å². The summed E-state index contributed by atoms with van der Waals surface area (Å²) in [5.41, 5.74) is 2.08. The average molecular weight is 379 g/mol. The number of hydrogen-bond donors (Lipinski definition) is 0. The molecule has 0 radical (unpaired) electrons. The summed E-state index contributed by atoms with van der Waals surface area (Å²) in [5.74, 6) is 0.555. The monoisotopic (exact) mass is 379 g/mol. The van der Waals surface area contributed by atoms with E-state index in [9.17, 15) is 9.59 Å². The number of para-hydroxylation sites is 1. The molecule has 2 saturated heterocycles. The first-order valence-corrected chi connectivity index (χ1v) is 9.86. The Kier molecular flexibility index (Phi) is 5.23. The fraction of sp³-hybridized carbons (Fsp3) is 0.429. The van der Waals surface area contributed by atoms with Gasteiger partial charge in [-0.3, -0.25) is 9.59 Å². The van der Waals surface area contributed by atoms with Gasteiger partial charge in [-0.25, -0.2) is 9.97 Å². The van der Waals surface area contributed by atoms with Crippen molar-refractivity contribution in [2.75, 3.05) is 42.5 Å². The van der Waals surface area contributed by atoms with Gasteiger partial charge in [-0.2, -0.15) is 0 Å². The SMILES string of the molecule is CCc1ccccc1N1C[C@@H](C(=O)N2CCN(c3ncccn3)CC2)CC1=O. The van der Waals surface area contributed by atoms with Crippen LogP contribution in [0.2, 0.25) is 0 Å². The van der Waals surface area contributed by atoms with Crippen molar-refractivity contribution in [3.05, 3.63) is 48.3 Å². The fourth-order valence-electron chi connectivity index (χ4n) is 4.02. The summed E-state index contributed by atoms with van der Waals surface area (Å²) in [6, 6.07) is 9.75. The Labute approximate surface area is 165 Å². The smallest absolute Gasteiger partial charge is 0.228 e. The molecule has 0 aliphatic carbocycles. The predicted octanol–water partition coefficient (Wildman–Crippen LogP) is 1.74. The minimum absolute atomic E-state index is 0.0376. The van der Waals surface area contributed by atoms with E-state index in [0.717, 1.165) is 17.7 Å². The lowest BCUT2D eigenvalue weighted by molar-refractivity contribution is -0.136. The molecule has 0 saturated carbocycles. The van der Waals surface area contributed by atoms with Crippen LogP contribution in [-0.2, 0) is 16.0 Å². The number of aromatic nitrogens is 2. The van der Waals surface area contributed by atoms with Crippen LogP contribution in [0.1, 0.15) is 18.9 Å². The lowest BCUT2D eigenvalue weighted by Gasteiger charge is -2.35. The number of rotatable bonds is 4. The van der Waals surface area contributed by atoms with E-state index in [-0.39, 0.29) is 17.7 Å². The maximum absolute atomic E-state index is 13.0.